The molecule has 0 bridgehead atoms. The van der Waals surface area contributed by atoms with Crippen LogP contribution >= 0.6 is 11.3 Å². The molecule has 0 aliphatic carbocycles. The van der Waals surface area contributed by atoms with E-state index in [4.69, 9.17) is 0 Å². The van der Waals surface area contributed by atoms with Gasteiger partial charge >= 0.3 is 0 Å². The summed E-state index contributed by atoms with van der Waals surface area (Å²) in [5.74, 6) is 0.285. The van der Waals surface area contributed by atoms with Crippen molar-refractivity contribution in [2.75, 3.05) is 0 Å². The van der Waals surface area contributed by atoms with E-state index in [1.54, 1.807) is 11.3 Å². The Morgan fingerprint density at radius 3 is 2.44 bits per heavy atom. The Bertz CT molecular complexity index is 462. The monoisotopic (exact) mass is 263 g/mol. The van der Waals surface area contributed by atoms with Crippen LogP contribution in [-0.4, -0.2) is 0 Å². The number of hydrogen-bond donors (Lipinski definition) is 1. The van der Waals surface area contributed by atoms with Crippen molar-refractivity contribution in [1.29, 1.82) is 0 Å². The van der Waals surface area contributed by atoms with Crippen LogP contribution < -0.4 is 5.32 Å². The molecular formula is C15H18FNS. The van der Waals surface area contributed by atoms with Crippen LogP contribution in [0.2, 0.25) is 0 Å². The van der Waals surface area contributed by atoms with Crippen molar-refractivity contribution >= 4 is 11.3 Å². The van der Waals surface area contributed by atoms with E-state index in [-0.39, 0.29) is 11.9 Å². The van der Waals surface area contributed by atoms with Gasteiger partial charge in [0.2, 0.25) is 0 Å². The third-order valence-electron chi connectivity index (χ3n) is 3.00. The molecule has 3 heteroatoms. The summed E-state index contributed by atoms with van der Waals surface area (Å²) in [6.07, 6.45) is 0. The fourth-order valence-corrected chi connectivity index (χ4v) is 2.70. The Morgan fingerprint density at radius 1 is 1.17 bits per heavy atom. The van der Waals surface area contributed by atoms with Crippen LogP contribution in [-0.2, 0) is 6.54 Å². The first-order valence-corrected chi connectivity index (χ1v) is 7.11. The van der Waals surface area contributed by atoms with Crippen molar-refractivity contribution in [3.63, 3.8) is 0 Å². The summed E-state index contributed by atoms with van der Waals surface area (Å²) in [4.78, 5) is 0. The molecule has 2 rings (SSSR count). The Balaban J connectivity index is 2.06. The predicted octanol–water partition coefficient (Wildman–Crippen LogP) is 4.37. The molecule has 1 heterocycles. The molecule has 0 saturated heterocycles. The maximum absolute atomic E-state index is 12.9. The van der Waals surface area contributed by atoms with E-state index in [1.807, 2.05) is 12.1 Å². The first-order chi connectivity index (χ1) is 8.66. The number of hydrogen-bond acceptors (Lipinski definition) is 2. The third-order valence-corrected chi connectivity index (χ3v) is 3.73. The maximum Gasteiger partial charge on any atom is 0.123 e. The molecule has 0 fully saturated rings. The third kappa shape index (κ3) is 3.40. The van der Waals surface area contributed by atoms with Gasteiger partial charge < -0.3 is 5.32 Å². The van der Waals surface area contributed by atoms with Gasteiger partial charge in [-0.3, -0.25) is 0 Å². The van der Waals surface area contributed by atoms with Gasteiger partial charge in [0.1, 0.15) is 5.82 Å². The average molecular weight is 263 g/mol. The topological polar surface area (TPSA) is 12.0 Å². The number of nitrogens with one attached hydrogen (secondary N) is 1. The fourth-order valence-electron chi connectivity index (χ4n) is 2.03. The Kier molecular flexibility index (Phi) is 4.50. The molecule has 1 unspecified atom stereocenters. The SMILES string of the molecule is CC(C)C(NCc1ccsc1)c1ccc(F)cc1. The lowest BCUT2D eigenvalue weighted by Gasteiger charge is -2.23. The average Bonchev–Trinajstić information content (AvgIpc) is 2.84. The van der Waals surface area contributed by atoms with E-state index < -0.39 is 0 Å². The smallest absolute Gasteiger partial charge is 0.123 e. The van der Waals surface area contributed by atoms with Crippen molar-refractivity contribution in [3.05, 3.63) is 58.0 Å². The largest absolute Gasteiger partial charge is 0.306 e. The minimum absolute atomic E-state index is 0.181. The van der Waals surface area contributed by atoms with E-state index >= 15 is 0 Å². The van der Waals surface area contributed by atoms with Gasteiger partial charge in [-0.05, 0) is 46.0 Å². The molecule has 0 saturated carbocycles. The first kappa shape index (κ1) is 13.2. The summed E-state index contributed by atoms with van der Waals surface area (Å²) in [7, 11) is 0. The lowest BCUT2D eigenvalue weighted by molar-refractivity contribution is 0.410. The standard InChI is InChI=1S/C15H18FNS/c1-11(2)15(13-3-5-14(16)6-4-13)17-9-12-7-8-18-10-12/h3-8,10-11,15,17H,9H2,1-2H3. The van der Waals surface area contributed by atoms with E-state index in [2.05, 4.69) is 36.0 Å². The minimum atomic E-state index is -0.181. The Labute approximate surface area is 112 Å². The van der Waals surface area contributed by atoms with Crippen molar-refractivity contribution in [2.24, 2.45) is 5.92 Å². The van der Waals surface area contributed by atoms with Crippen LogP contribution in [0.15, 0.2) is 41.1 Å². The number of benzene rings is 1. The highest BCUT2D eigenvalue weighted by Gasteiger charge is 2.15. The second-order valence-electron chi connectivity index (χ2n) is 4.79. The molecule has 0 spiro atoms. The van der Waals surface area contributed by atoms with Crippen LogP contribution in [0.5, 0.6) is 0 Å². The zero-order valence-electron chi connectivity index (χ0n) is 10.7. The molecule has 0 aliphatic heterocycles. The molecule has 0 aliphatic rings. The van der Waals surface area contributed by atoms with Crippen LogP contribution in [0.1, 0.15) is 31.0 Å². The van der Waals surface area contributed by atoms with Crippen LogP contribution in [0.4, 0.5) is 4.39 Å². The van der Waals surface area contributed by atoms with Gasteiger partial charge in [-0.25, -0.2) is 4.39 Å². The highest BCUT2D eigenvalue weighted by Crippen LogP contribution is 2.22. The van der Waals surface area contributed by atoms with Crippen molar-refractivity contribution in [2.45, 2.75) is 26.4 Å². The highest BCUT2D eigenvalue weighted by atomic mass is 32.1. The number of rotatable bonds is 5. The Hall–Kier alpha value is -1.19. The van der Waals surface area contributed by atoms with Crippen LogP contribution in [0.3, 0.4) is 0 Å². The van der Waals surface area contributed by atoms with Gasteiger partial charge in [0.15, 0.2) is 0 Å². The molecule has 1 atom stereocenters. The molecule has 0 amide bonds. The van der Waals surface area contributed by atoms with Crippen molar-refractivity contribution in [1.82, 2.24) is 5.32 Å². The molecule has 0 radical (unpaired) electrons. The highest BCUT2D eigenvalue weighted by molar-refractivity contribution is 7.07. The maximum atomic E-state index is 12.9. The molecule has 1 aromatic carbocycles. The number of thiophene rings is 1. The normalized spacial score (nSPS) is 12.9. The molecular weight excluding hydrogens is 245 g/mol. The lowest BCUT2D eigenvalue weighted by Crippen LogP contribution is -2.25. The van der Waals surface area contributed by atoms with E-state index in [1.165, 1.54) is 17.7 Å². The van der Waals surface area contributed by atoms with E-state index in [0.717, 1.165) is 12.1 Å². The van der Waals surface area contributed by atoms with E-state index in [9.17, 15) is 4.39 Å². The molecule has 18 heavy (non-hydrogen) atoms. The summed E-state index contributed by atoms with van der Waals surface area (Å²) >= 11 is 1.71. The van der Waals surface area contributed by atoms with Gasteiger partial charge in [0.05, 0.1) is 0 Å². The molecule has 1 N–H and O–H groups in total. The predicted molar refractivity (Wildman–Crippen MR) is 75.1 cm³/mol. The summed E-state index contributed by atoms with van der Waals surface area (Å²) in [6, 6.07) is 9.15. The van der Waals surface area contributed by atoms with Gasteiger partial charge in [0, 0.05) is 12.6 Å². The first-order valence-electron chi connectivity index (χ1n) is 6.16. The van der Waals surface area contributed by atoms with Gasteiger partial charge in [-0.1, -0.05) is 26.0 Å². The van der Waals surface area contributed by atoms with Crippen LogP contribution in [0, 0.1) is 11.7 Å². The summed E-state index contributed by atoms with van der Waals surface area (Å²) in [6.45, 7) is 5.20. The Morgan fingerprint density at radius 2 is 1.89 bits per heavy atom. The van der Waals surface area contributed by atoms with E-state index in [0.29, 0.717) is 5.92 Å². The van der Waals surface area contributed by atoms with Crippen LogP contribution in [0.25, 0.3) is 0 Å². The van der Waals surface area contributed by atoms with Gasteiger partial charge in [0.25, 0.3) is 0 Å². The zero-order chi connectivity index (χ0) is 13.0. The van der Waals surface area contributed by atoms with Gasteiger partial charge in [-0.15, -0.1) is 0 Å². The molecule has 2 aromatic rings. The van der Waals surface area contributed by atoms with Crippen molar-refractivity contribution in [3.8, 4) is 0 Å². The molecule has 96 valence electrons. The van der Waals surface area contributed by atoms with Gasteiger partial charge in [-0.2, -0.15) is 11.3 Å². The lowest BCUT2D eigenvalue weighted by atomic mass is 9.96. The molecule has 1 nitrogen and oxygen atoms in total. The summed E-state index contributed by atoms with van der Waals surface area (Å²) in [5.41, 5.74) is 2.44. The second kappa shape index (κ2) is 6.12. The summed E-state index contributed by atoms with van der Waals surface area (Å²) < 4.78 is 12.9. The number of halogens is 1. The zero-order valence-corrected chi connectivity index (χ0v) is 11.5. The quantitative estimate of drug-likeness (QED) is 0.844. The van der Waals surface area contributed by atoms with Crippen molar-refractivity contribution < 1.29 is 4.39 Å². The molecule has 1 aromatic heterocycles. The summed E-state index contributed by atoms with van der Waals surface area (Å²) in [5, 5.41) is 7.77. The fraction of sp³-hybridized carbons (Fsp3) is 0.333. The minimum Gasteiger partial charge on any atom is -0.306 e. The second-order valence-corrected chi connectivity index (χ2v) is 5.57.